The summed E-state index contributed by atoms with van der Waals surface area (Å²) in [5.41, 5.74) is 3.09. The summed E-state index contributed by atoms with van der Waals surface area (Å²) in [6.07, 6.45) is 1.80. The van der Waals surface area contributed by atoms with Crippen molar-refractivity contribution in [2.75, 3.05) is 0 Å². The van der Waals surface area contributed by atoms with Crippen LogP contribution in [0.2, 0.25) is 10.0 Å². The van der Waals surface area contributed by atoms with Gasteiger partial charge in [0, 0.05) is 15.6 Å². The Kier molecular flexibility index (Phi) is 5.96. The number of benzene rings is 3. The third kappa shape index (κ3) is 4.67. The lowest BCUT2D eigenvalue weighted by atomic mass is 10.0. The number of rotatable bonds is 5. The molecule has 0 saturated heterocycles. The van der Waals surface area contributed by atoms with Gasteiger partial charge < -0.3 is 4.74 Å². The number of nitriles is 1. The van der Waals surface area contributed by atoms with Gasteiger partial charge in [0.25, 0.3) is 0 Å². The highest BCUT2D eigenvalue weighted by Crippen LogP contribution is 2.26. The van der Waals surface area contributed by atoms with E-state index in [0.717, 1.165) is 16.7 Å². The molecule has 0 amide bonds. The van der Waals surface area contributed by atoms with Gasteiger partial charge in [0.15, 0.2) is 0 Å². The van der Waals surface area contributed by atoms with Crippen molar-refractivity contribution in [2.24, 2.45) is 0 Å². The Hall–Kier alpha value is -2.73. The summed E-state index contributed by atoms with van der Waals surface area (Å²) in [5.74, 6) is 0.697. The first kappa shape index (κ1) is 18.1. The fraction of sp³-hybridized carbons (Fsp3) is 0.0455. The molecule has 3 aromatic rings. The maximum Gasteiger partial charge on any atom is 0.127 e. The van der Waals surface area contributed by atoms with Gasteiger partial charge in [0.1, 0.15) is 12.4 Å². The molecule has 0 saturated carbocycles. The quantitative estimate of drug-likeness (QED) is 0.367. The lowest BCUT2D eigenvalue weighted by Crippen LogP contribution is -1.97. The van der Waals surface area contributed by atoms with E-state index in [1.54, 1.807) is 18.2 Å². The van der Waals surface area contributed by atoms with Crippen molar-refractivity contribution >= 4 is 34.9 Å². The van der Waals surface area contributed by atoms with Gasteiger partial charge in [-0.1, -0.05) is 65.7 Å². The van der Waals surface area contributed by atoms with Gasteiger partial charge in [-0.05, 0) is 47.5 Å². The number of allylic oxidation sites excluding steroid dienone is 1. The van der Waals surface area contributed by atoms with Crippen molar-refractivity contribution in [3.63, 3.8) is 0 Å². The molecule has 0 N–H and O–H groups in total. The molecule has 26 heavy (non-hydrogen) atoms. The Morgan fingerprint density at radius 2 is 1.65 bits per heavy atom. The fourth-order valence-electron chi connectivity index (χ4n) is 2.51. The van der Waals surface area contributed by atoms with Gasteiger partial charge in [-0.15, -0.1) is 0 Å². The Labute approximate surface area is 162 Å². The summed E-state index contributed by atoms with van der Waals surface area (Å²) in [7, 11) is 0. The van der Waals surface area contributed by atoms with Crippen molar-refractivity contribution < 1.29 is 4.74 Å². The van der Waals surface area contributed by atoms with Crippen molar-refractivity contribution in [2.45, 2.75) is 6.61 Å². The van der Waals surface area contributed by atoms with Gasteiger partial charge >= 0.3 is 0 Å². The highest BCUT2D eigenvalue weighted by Gasteiger charge is 2.06. The average molecular weight is 380 g/mol. The van der Waals surface area contributed by atoms with Crippen LogP contribution < -0.4 is 4.74 Å². The number of para-hydroxylation sites is 1. The van der Waals surface area contributed by atoms with Gasteiger partial charge in [0.05, 0.1) is 11.6 Å². The minimum atomic E-state index is 0.393. The molecule has 0 aliphatic heterocycles. The van der Waals surface area contributed by atoms with Crippen LogP contribution in [0.25, 0.3) is 11.6 Å². The summed E-state index contributed by atoms with van der Waals surface area (Å²) in [6.45, 7) is 0.393. The van der Waals surface area contributed by atoms with E-state index in [-0.39, 0.29) is 0 Å². The van der Waals surface area contributed by atoms with Crippen LogP contribution >= 0.6 is 23.2 Å². The van der Waals surface area contributed by atoms with Gasteiger partial charge in [-0.2, -0.15) is 5.26 Å². The van der Waals surface area contributed by atoms with E-state index in [1.807, 2.05) is 60.7 Å². The third-order valence-corrected chi connectivity index (χ3v) is 4.23. The molecule has 0 aliphatic rings. The Morgan fingerprint density at radius 3 is 2.38 bits per heavy atom. The van der Waals surface area contributed by atoms with E-state index in [9.17, 15) is 5.26 Å². The first-order chi connectivity index (χ1) is 12.7. The molecule has 3 rings (SSSR count). The molecule has 0 fully saturated rings. The average Bonchev–Trinajstić information content (AvgIpc) is 2.65. The molecule has 0 unspecified atom stereocenters. The number of hydrogen-bond donors (Lipinski definition) is 0. The highest BCUT2D eigenvalue weighted by molar-refractivity contribution is 6.31. The molecule has 0 heterocycles. The number of halogens is 2. The SMILES string of the molecule is N#C/C(=C/c1ccccc1OCc1cccc(Cl)c1)c1cccc(Cl)c1. The molecular weight excluding hydrogens is 365 g/mol. The smallest absolute Gasteiger partial charge is 0.127 e. The molecule has 0 radical (unpaired) electrons. The van der Waals surface area contributed by atoms with Crippen LogP contribution in [-0.4, -0.2) is 0 Å². The molecule has 2 nitrogen and oxygen atoms in total. The Bertz CT molecular complexity index is 989. The van der Waals surface area contributed by atoms with E-state index < -0.39 is 0 Å². The molecule has 3 aromatic carbocycles. The van der Waals surface area contributed by atoms with Gasteiger partial charge in [0.2, 0.25) is 0 Å². The number of ether oxygens (including phenoxy) is 1. The van der Waals surface area contributed by atoms with Crippen molar-refractivity contribution in [1.82, 2.24) is 0 Å². The lowest BCUT2D eigenvalue weighted by Gasteiger charge is -2.10. The van der Waals surface area contributed by atoms with Crippen LogP contribution in [0.15, 0.2) is 72.8 Å². The van der Waals surface area contributed by atoms with Crippen LogP contribution in [0, 0.1) is 11.3 Å². The molecule has 128 valence electrons. The predicted octanol–water partition coefficient (Wildman–Crippen LogP) is 6.64. The monoisotopic (exact) mass is 379 g/mol. The highest BCUT2D eigenvalue weighted by atomic mass is 35.5. The first-order valence-electron chi connectivity index (χ1n) is 8.00. The zero-order valence-corrected chi connectivity index (χ0v) is 15.3. The van der Waals surface area contributed by atoms with Crippen molar-refractivity contribution in [3.05, 3.63) is 99.5 Å². The van der Waals surface area contributed by atoms with E-state index in [2.05, 4.69) is 6.07 Å². The van der Waals surface area contributed by atoms with Crippen molar-refractivity contribution in [1.29, 1.82) is 5.26 Å². The van der Waals surface area contributed by atoms with Crippen molar-refractivity contribution in [3.8, 4) is 11.8 Å². The topological polar surface area (TPSA) is 33.0 Å². The van der Waals surface area contributed by atoms with Gasteiger partial charge in [-0.25, -0.2) is 0 Å². The molecule has 0 bridgehead atoms. The zero-order chi connectivity index (χ0) is 18.4. The second-order valence-electron chi connectivity index (χ2n) is 5.64. The summed E-state index contributed by atoms with van der Waals surface area (Å²) >= 11 is 12.1. The van der Waals surface area contributed by atoms with Crippen LogP contribution in [0.4, 0.5) is 0 Å². The second-order valence-corrected chi connectivity index (χ2v) is 6.51. The van der Waals surface area contributed by atoms with E-state index in [1.165, 1.54) is 0 Å². The lowest BCUT2D eigenvalue weighted by molar-refractivity contribution is 0.305. The molecular formula is C22H15Cl2NO. The van der Waals surface area contributed by atoms with E-state index in [4.69, 9.17) is 27.9 Å². The predicted molar refractivity (Wildman–Crippen MR) is 107 cm³/mol. The maximum absolute atomic E-state index is 9.54. The minimum Gasteiger partial charge on any atom is -0.488 e. The first-order valence-corrected chi connectivity index (χ1v) is 8.75. The summed E-state index contributed by atoms with van der Waals surface area (Å²) in [6, 6.07) is 24.6. The van der Waals surface area contributed by atoms with Crippen LogP contribution in [-0.2, 0) is 6.61 Å². The normalized spacial score (nSPS) is 11.0. The van der Waals surface area contributed by atoms with Crippen LogP contribution in [0.3, 0.4) is 0 Å². The zero-order valence-electron chi connectivity index (χ0n) is 13.8. The Balaban J connectivity index is 1.87. The van der Waals surface area contributed by atoms with E-state index in [0.29, 0.717) is 28.0 Å². The molecule has 0 spiro atoms. The molecule has 0 aliphatic carbocycles. The Morgan fingerprint density at radius 1 is 0.923 bits per heavy atom. The fourth-order valence-corrected chi connectivity index (χ4v) is 2.91. The number of nitrogens with zero attached hydrogens (tertiary/aromatic N) is 1. The molecule has 0 aromatic heterocycles. The third-order valence-electron chi connectivity index (χ3n) is 3.76. The second kappa shape index (κ2) is 8.58. The summed E-state index contributed by atoms with van der Waals surface area (Å²) in [5, 5.41) is 10.8. The largest absolute Gasteiger partial charge is 0.488 e. The minimum absolute atomic E-state index is 0.393. The molecule has 4 heteroatoms. The standard InChI is InChI=1S/C22H15Cl2NO/c23-20-8-3-5-16(11-20)15-26-22-10-2-1-6-18(22)12-19(14-25)17-7-4-9-21(24)13-17/h1-13H,15H2/b19-12-. The van der Waals surface area contributed by atoms with Crippen LogP contribution in [0.1, 0.15) is 16.7 Å². The van der Waals surface area contributed by atoms with E-state index >= 15 is 0 Å². The van der Waals surface area contributed by atoms with Gasteiger partial charge in [-0.3, -0.25) is 0 Å². The summed E-state index contributed by atoms with van der Waals surface area (Å²) < 4.78 is 5.94. The summed E-state index contributed by atoms with van der Waals surface area (Å²) in [4.78, 5) is 0. The molecule has 0 atom stereocenters. The number of hydrogen-bond acceptors (Lipinski definition) is 2. The maximum atomic E-state index is 9.54. The van der Waals surface area contributed by atoms with Crippen LogP contribution in [0.5, 0.6) is 5.75 Å².